The van der Waals surface area contributed by atoms with Gasteiger partial charge in [0.25, 0.3) is 5.91 Å². The van der Waals surface area contributed by atoms with E-state index in [0.717, 1.165) is 49.7 Å². The number of hydrogen-bond acceptors (Lipinski definition) is 14. The normalized spacial score (nSPS) is 23.1. The lowest BCUT2D eigenvalue weighted by molar-refractivity contribution is -0.143. The molecule has 91 heavy (non-hydrogen) atoms. The molecule has 0 bridgehead atoms. The maximum absolute atomic E-state index is 14.4. The van der Waals surface area contributed by atoms with Gasteiger partial charge in [-0.1, -0.05) is 145 Å². The van der Waals surface area contributed by atoms with Gasteiger partial charge in [0.15, 0.2) is 17.3 Å². The quantitative estimate of drug-likeness (QED) is 0.0721. The van der Waals surface area contributed by atoms with Crippen LogP contribution in [-0.4, -0.2) is 157 Å². The molecule has 4 heterocycles. The van der Waals surface area contributed by atoms with Gasteiger partial charge in [-0.15, -0.1) is 0 Å². The van der Waals surface area contributed by atoms with Crippen LogP contribution in [0.1, 0.15) is 179 Å². The first kappa shape index (κ1) is 73.0. The van der Waals surface area contributed by atoms with Gasteiger partial charge < -0.3 is 67.9 Å². The molecule has 11 N–H and O–H groups in total. The number of halogens is 2. The van der Waals surface area contributed by atoms with E-state index in [1.807, 2.05) is 95.2 Å². The minimum absolute atomic E-state index is 0. The number of oxime groups is 2. The molecule has 4 aliphatic heterocycles. The molecular weight excluding hydrogens is 1210 g/mol. The lowest BCUT2D eigenvalue weighted by Crippen LogP contribution is -2.61. The highest BCUT2D eigenvalue weighted by atomic mass is 35.5. The van der Waals surface area contributed by atoms with E-state index >= 15 is 0 Å². The van der Waals surface area contributed by atoms with Crippen molar-refractivity contribution in [2.24, 2.45) is 44.4 Å². The number of nitrogens with zero attached hydrogens (tertiary/aromatic N) is 4. The largest absolute Gasteiger partial charge is 0.387 e. The van der Waals surface area contributed by atoms with Crippen molar-refractivity contribution in [3.8, 4) is 0 Å². The average Bonchev–Trinajstić information content (AvgIpc) is 1.63. The number of carbonyl (C=O) groups is 9. The molecule has 3 unspecified atom stereocenters. The Kier molecular flexibility index (Phi) is 23.1. The van der Waals surface area contributed by atoms with Crippen LogP contribution in [-0.2, 0) is 43.2 Å². The van der Waals surface area contributed by atoms with Gasteiger partial charge in [0.1, 0.15) is 24.2 Å². The summed E-state index contributed by atoms with van der Waals surface area (Å²) in [5.74, 6) is -4.60. The summed E-state index contributed by atoms with van der Waals surface area (Å²) in [7, 11) is 0. The number of benzene rings is 2. The predicted molar refractivity (Wildman–Crippen MR) is 346 cm³/mol. The van der Waals surface area contributed by atoms with Gasteiger partial charge in [-0.05, 0) is 101 Å². The molecule has 0 radical (unpaired) electrons. The van der Waals surface area contributed by atoms with Crippen LogP contribution in [0.25, 0.3) is 0 Å². The third kappa shape index (κ3) is 19.0. The summed E-state index contributed by atoms with van der Waals surface area (Å²) in [5, 5.41) is 37.2. The van der Waals surface area contributed by atoms with Crippen LogP contribution in [0, 0.1) is 22.7 Å². The number of primary amides is 2. The number of carbonyl (C=O) groups excluding carboxylic acids is 9. The standard InChI is InChI=1S/C32H47ClN6O6.C32H45ClN6O6.CH4/c2*1-30(2,3)25(36-29(44)37-31(4,5)6)28(43)39-17-32(15-22(38-45-32)19-11-8-12-20(33)14-19)16-23(39)27(42)35-21(24(40)26(34)41)13-18-9-7-10-18;/h8,11-12,14,18,21,23-25,40H,7,9-10,13,15-17H2,1-6H3,(H2,34,41)(H,35,42)(H2,36,37,44);8,11-12,14,18,21,23,25H,7,9-10,13,15-17H2,1-6H3,(H2,34,41)(H,35,42)(H2,36,37,44);1H4/t21?,23-,24?,25+,32+;21?,23-,25+,32+;/m00./s1. The highest BCUT2D eigenvalue weighted by Gasteiger charge is 2.58. The van der Waals surface area contributed by atoms with Crippen molar-refractivity contribution in [2.45, 2.75) is 232 Å². The van der Waals surface area contributed by atoms with Crippen LogP contribution in [0.2, 0.25) is 10.0 Å². The minimum atomic E-state index is -1.58. The number of hydrogen-bond donors (Lipinski definition) is 9. The number of nitrogens with one attached hydrogen (secondary N) is 6. The van der Waals surface area contributed by atoms with Gasteiger partial charge in [0.2, 0.25) is 35.3 Å². The van der Waals surface area contributed by atoms with Crippen molar-refractivity contribution in [2.75, 3.05) is 13.1 Å². The number of Topliss-reactive ketones (excluding diaryl/α,β-unsaturated/α-hetero) is 1. The van der Waals surface area contributed by atoms with Crippen molar-refractivity contribution in [3.63, 3.8) is 0 Å². The number of aliphatic hydroxyl groups excluding tert-OH is 1. The van der Waals surface area contributed by atoms with Crippen molar-refractivity contribution in [1.29, 1.82) is 0 Å². The van der Waals surface area contributed by atoms with E-state index in [-0.39, 0.29) is 51.6 Å². The van der Waals surface area contributed by atoms with E-state index in [4.69, 9.17) is 44.3 Å². The summed E-state index contributed by atoms with van der Waals surface area (Å²) in [6.45, 7) is 22.0. The van der Waals surface area contributed by atoms with Gasteiger partial charge in [0.05, 0.1) is 36.6 Å². The van der Waals surface area contributed by atoms with Crippen molar-refractivity contribution >= 4 is 87.9 Å². The van der Waals surface area contributed by atoms with Gasteiger partial charge >= 0.3 is 12.1 Å². The lowest BCUT2D eigenvalue weighted by atomic mass is 9.79. The second-order valence-electron chi connectivity index (χ2n) is 29.5. The molecule has 8 rings (SSSR count). The highest BCUT2D eigenvalue weighted by molar-refractivity contribution is 6.38. The lowest BCUT2D eigenvalue weighted by Gasteiger charge is -2.37. The van der Waals surface area contributed by atoms with Crippen LogP contribution >= 0.6 is 23.2 Å². The molecule has 24 nitrogen and oxygen atoms in total. The fraction of sp³-hybridized carbons (Fsp3) is 0.646. The Morgan fingerprint density at radius 2 is 1.01 bits per heavy atom. The molecule has 2 saturated heterocycles. The molecule has 2 saturated carbocycles. The van der Waals surface area contributed by atoms with E-state index in [0.29, 0.717) is 40.7 Å². The molecule has 2 spiro atoms. The molecule has 4 fully saturated rings. The maximum atomic E-state index is 14.4. The Hall–Kier alpha value is -7.05. The Balaban J connectivity index is 0.000000286. The summed E-state index contributed by atoms with van der Waals surface area (Å²) in [5.41, 5.74) is 8.93. The van der Waals surface area contributed by atoms with Crippen LogP contribution in [0.5, 0.6) is 0 Å². The van der Waals surface area contributed by atoms with E-state index in [9.17, 15) is 48.3 Å². The predicted octanol–water partition coefficient (Wildman–Crippen LogP) is 6.52. The second-order valence-corrected chi connectivity index (χ2v) is 30.4. The first-order chi connectivity index (χ1) is 41.7. The number of rotatable bonds is 18. The molecule has 502 valence electrons. The molecule has 2 aromatic carbocycles. The number of amides is 10. The average molecular weight is 1310 g/mol. The maximum Gasteiger partial charge on any atom is 0.315 e. The van der Waals surface area contributed by atoms with Gasteiger partial charge in [-0.25, -0.2) is 9.59 Å². The summed E-state index contributed by atoms with van der Waals surface area (Å²) >= 11 is 12.4. The zero-order chi connectivity index (χ0) is 66.6. The van der Waals surface area contributed by atoms with Crippen molar-refractivity contribution in [1.82, 2.24) is 41.7 Å². The van der Waals surface area contributed by atoms with E-state index in [2.05, 4.69) is 42.2 Å². The SMILES string of the molecule is C.CC(C)(C)NC(=O)N[C@H](C(=O)N1C[C@@]2(CC(c3cccc(Cl)c3)=NO2)C[C@H]1C(=O)NC(CC1CCC1)C(=O)C(N)=O)C(C)(C)C.CC(C)(C)NC(=O)N[C@H](C(=O)N1C[C@@]2(CC(c3cccc(Cl)c3)=NO2)C[C@H]1C(=O)NC(CC1CCC1)C(O)C(N)=O)C(C)(C)C. The van der Waals surface area contributed by atoms with Crippen molar-refractivity contribution in [3.05, 3.63) is 69.7 Å². The number of ketones is 1. The molecule has 10 amide bonds. The first-order valence-corrected chi connectivity index (χ1v) is 31.7. The molecule has 0 aromatic heterocycles. The van der Waals surface area contributed by atoms with Crippen LogP contribution in [0.3, 0.4) is 0 Å². The minimum Gasteiger partial charge on any atom is -0.387 e. The summed E-state index contributed by atoms with van der Waals surface area (Å²) < 4.78 is 0. The summed E-state index contributed by atoms with van der Waals surface area (Å²) in [6, 6.07) is 7.17. The number of nitrogens with two attached hydrogens (primary N) is 2. The van der Waals surface area contributed by atoms with Gasteiger partial charge in [-0.3, -0.25) is 33.6 Å². The fourth-order valence-corrected chi connectivity index (χ4v) is 12.5. The van der Waals surface area contributed by atoms with Gasteiger partial charge in [0, 0.05) is 57.9 Å². The Labute approximate surface area is 544 Å². The first-order valence-electron chi connectivity index (χ1n) is 31.0. The third-order valence-corrected chi connectivity index (χ3v) is 17.7. The Bertz CT molecular complexity index is 3130. The third-order valence-electron chi connectivity index (χ3n) is 17.2. The zero-order valence-corrected chi connectivity index (χ0v) is 55.4. The van der Waals surface area contributed by atoms with Crippen LogP contribution in [0.4, 0.5) is 9.59 Å². The second kappa shape index (κ2) is 28.9. The van der Waals surface area contributed by atoms with Crippen LogP contribution in [0.15, 0.2) is 58.8 Å². The molecule has 2 aromatic rings. The van der Waals surface area contributed by atoms with E-state index in [1.54, 1.807) is 36.4 Å². The van der Waals surface area contributed by atoms with E-state index < -0.39 is 129 Å². The topological polar surface area (TPSA) is 348 Å². The summed E-state index contributed by atoms with van der Waals surface area (Å²) in [4.78, 5) is 134. The number of likely N-dealkylation sites (tertiary alicyclic amines) is 2. The molecular formula is C65H96Cl2N12O12. The number of aliphatic hydroxyl groups is 1. The molecule has 6 aliphatic rings. The number of urea groups is 2. The molecule has 9 atom stereocenters. The molecule has 26 heteroatoms. The highest BCUT2D eigenvalue weighted by Crippen LogP contribution is 2.43. The summed E-state index contributed by atoms with van der Waals surface area (Å²) in [6.07, 6.45) is 5.59. The Morgan fingerprint density at radius 1 is 0.615 bits per heavy atom. The molecule has 2 aliphatic carbocycles. The zero-order valence-electron chi connectivity index (χ0n) is 53.9. The Morgan fingerprint density at radius 3 is 1.35 bits per heavy atom. The van der Waals surface area contributed by atoms with Gasteiger partial charge in [-0.2, -0.15) is 0 Å². The van der Waals surface area contributed by atoms with Crippen molar-refractivity contribution < 1.29 is 57.9 Å². The monoisotopic (exact) mass is 1310 g/mol. The van der Waals surface area contributed by atoms with Crippen LogP contribution < -0.4 is 43.4 Å². The smallest absolute Gasteiger partial charge is 0.315 e. The fourth-order valence-electron chi connectivity index (χ4n) is 12.1. The van der Waals surface area contributed by atoms with E-state index in [1.165, 1.54) is 9.80 Å².